The molecule has 2 N–H and O–H groups in total. The Balaban J connectivity index is 2.19. The van der Waals surface area contributed by atoms with Crippen LogP contribution in [-0.4, -0.2) is 16.7 Å². The van der Waals surface area contributed by atoms with E-state index in [1.165, 1.54) is 18.2 Å². The molecule has 2 aromatic carbocycles. The van der Waals surface area contributed by atoms with E-state index in [1.807, 2.05) is 12.1 Å². The van der Waals surface area contributed by atoms with Crippen molar-refractivity contribution in [1.29, 1.82) is 0 Å². The van der Waals surface area contributed by atoms with Gasteiger partial charge >= 0.3 is 0 Å². The second-order valence-corrected chi connectivity index (χ2v) is 5.12. The number of phenolic OH excluding ortho intramolecular Hbond substituents is 1. The maximum atomic E-state index is 12.0. The maximum absolute atomic E-state index is 12.0. The van der Waals surface area contributed by atoms with Crippen LogP contribution in [0.1, 0.15) is 22.8 Å². The standard InChI is InChI=1S/C15H12Cl2N2O2/c1-9(11-4-2-3-5-13(11)17)18-19-15(21)12-8-10(16)6-7-14(12)20/h2-8,20H,1H3,(H,19,21)/b18-9-. The molecule has 0 aliphatic carbocycles. The Hall–Kier alpha value is -2.04. The lowest BCUT2D eigenvalue weighted by Crippen LogP contribution is -2.19. The van der Waals surface area contributed by atoms with Crippen LogP contribution in [0.2, 0.25) is 10.0 Å². The van der Waals surface area contributed by atoms with Crippen LogP contribution in [0.5, 0.6) is 5.75 Å². The van der Waals surface area contributed by atoms with Gasteiger partial charge in [-0.1, -0.05) is 41.4 Å². The monoisotopic (exact) mass is 322 g/mol. The third-order valence-electron chi connectivity index (χ3n) is 2.79. The van der Waals surface area contributed by atoms with Crippen molar-refractivity contribution in [2.75, 3.05) is 0 Å². The second kappa shape index (κ2) is 6.61. The second-order valence-electron chi connectivity index (χ2n) is 4.28. The van der Waals surface area contributed by atoms with Crippen LogP contribution in [0.15, 0.2) is 47.6 Å². The Morgan fingerprint density at radius 2 is 1.86 bits per heavy atom. The molecule has 0 unspecified atom stereocenters. The highest BCUT2D eigenvalue weighted by atomic mass is 35.5. The third kappa shape index (κ3) is 3.74. The summed E-state index contributed by atoms with van der Waals surface area (Å²) in [4.78, 5) is 12.0. The fraction of sp³-hybridized carbons (Fsp3) is 0.0667. The Kier molecular flexibility index (Phi) is 4.83. The van der Waals surface area contributed by atoms with Gasteiger partial charge in [0.1, 0.15) is 5.75 Å². The number of rotatable bonds is 3. The molecule has 0 atom stereocenters. The molecule has 0 radical (unpaired) electrons. The first-order chi connectivity index (χ1) is 9.99. The number of phenols is 1. The first-order valence-corrected chi connectivity index (χ1v) is 6.82. The van der Waals surface area contributed by atoms with Gasteiger partial charge < -0.3 is 5.11 Å². The number of aromatic hydroxyl groups is 1. The lowest BCUT2D eigenvalue weighted by atomic mass is 10.1. The molecule has 0 saturated heterocycles. The highest BCUT2D eigenvalue weighted by Crippen LogP contribution is 2.21. The molecule has 0 fully saturated rings. The number of benzene rings is 2. The van der Waals surface area contributed by atoms with Gasteiger partial charge in [-0.3, -0.25) is 4.79 Å². The number of hydrazone groups is 1. The first-order valence-electron chi connectivity index (χ1n) is 6.07. The van der Waals surface area contributed by atoms with E-state index in [0.29, 0.717) is 15.8 Å². The Labute approximate surface area is 132 Å². The van der Waals surface area contributed by atoms with Gasteiger partial charge in [0.15, 0.2) is 0 Å². The lowest BCUT2D eigenvalue weighted by molar-refractivity contribution is 0.0952. The Bertz CT molecular complexity index is 715. The van der Waals surface area contributed by atoms with Crippen LogP contribution >= 0.6 is 23.2 Å². The van der Waals surface area contributed by atoms with E-state index in [9.17, 15) is 9.90 Å². The van der Waals surface area contributed by atoms with Crippen LogP contribution in [0.4, 0.5) is 0 Å². The molecule has 0 bridgehead atoms. The number of hydrogen-bond acceptors (Lipinski definition) is 3. The minimum atomic E-state index is -0.554. The summed E-state index contributed by atoms with van der Waals surface area (Å²) in [5.41, 5.74) is 3.69. The number of nitrogens with one attached hydrogen (secondary N) is 1. The van der Waals surface area contributed by atoms with E-state index in [-0.39, 0.29) is 11.3 Å². The number of amides is 1. The average molecular weight is 323 g/mol. The molecule has 0 spiro atoms. The van der Waals surface area contributed by atoms with Crippen molar-refractivity contribution < 1.29 is 9.90 Å². The lowest BCUT2D eigenvalue weighted by Gasteiger charge is -2.06. The fourth-order valence-electron chi connectivity index (χ4n) is 1.70. The van der Waals surface area contributed by atoms with Crippen molar-refractivity contribution in [2.45, 2.75) is 6.92 Å². The van der Waals surface area contributed by atoms with Crippen LogP contribution < -0.4 is 5.43 Å². The summed E-state index contributed by atoms with van der Waals surface area (Å²) in [6.07, 6.45) is 0. The maximum Gasteiger partial charge on any atom is 0.275 e. The van der Waals surface area contributed by atoms with Crippen LogP contribution in [0.3, 0.4) is 0 Å². The molecule has 108 valence electrons. The number of halogens is 2. The average Bonchev–Trinajstić information content (AvgIpc) is 2.47. The number of hydrogen-bond donors (Lipinski definition) is 2. The molecule has 2 rings (SSSR count). The van der Waals surface area contributed by atoms with E-state index in [1.54, 1.807) is 19.1 Å². The largest absolute Gasteiger partial charge is 0.507 e. The van der Waals surface area contributed by atoms with Crippen molar-refractivity contribution in [2.24, 2.45) is 5.10 Å². The molecular weight excluding hydrogens is 311 g/mol. The first kappa shape index (κ1) is 15.4. The SMILES string of the molecule is C/C(=N/NC(=O)c1cc(Cl)ccc1O)c1ccccc1Cl. The molecule has 21 heavy (non-hydrogen) atoms. The molecule has 0 aromatic heterocycles. The normalized spacial score (nSPS) is 11.3. The Morgan fingerprint density at radius 3 is 2.57 bits per heavy atom. The van der Waals surface area contributed by atoms with Crippen molar-refractivity contribution in [3.8, 4) is 5.75 Å². The summed E-state index contributed by atoms with van der Waals surface area (Å²) in [5.74, 6) is -0.719. The summed E-state index contributed by atoms with van der Waals surface area (Å²) >= 11 is 11.8. The summed E-state index contributed by atoms with van der Waals surface area (Å²) in [5, 5.41) is 14.5. The molecule has 0 saturated carbocycles. The quantitative estimate of drug-likeness (QED) is 0.666. The summed E-state index contributed by atoms with van der Waals surface area (Å²) in [6.45, 7) is 1.72. The molecular formula is C15H12Cl2N2O2. The number of nitrogens with zero attached hydrogens (tertiary/aromatic N) is 1. The Morgan fingerprint density at radius 1 is 1.14 bits per heavy atom. The topological polar surface area (TPSA) is 61.7 Å². The molecule has 0 aliphatic rings. The third-order valence-corrected chi connectivity index (χ3v) is 3.36. The van der Waals surface area contributed by atoms with Gasteiger partial charge in [-0.25, -0.2) is 5.43 Å². The van der Waals surface area contributed by atoms with E-state index in [0.717, 1.165) is 5.56 Å². The zero-order valence-electron chi connectivity index (χ0n) is 11.1. The van der Waals surface area contributed by atoms with E-state index in [2.05, 4.69) is 10.5 Å². The van der Waals surface area contributed by atoms with E-state index < -0.39 is 5.91 Å². The molecule has 6 heteroatoms. The summed E-state index contributed by atoms with van der Waals surface area (Å²) < 4.78 is 0. The predicted octanol–water partition coefficient (Wildman–Crippen LogP) is 3.85. The zero-order valence-corrected chi connectivity index (χ0v) is 12.6. The minimum Gasteiger partial charge on any atom is -0.507 e. The van der Waals surface area contributed by atoms with Crippen molar-refractivity contribution in [3.05, 3.63) is 63.6 Å². The van der Waals surface area contributed by atoms with Gasteiger partial charge in [-0.15, -0.1) is 0 Å². The van der Waals surface area contributed by atoms with Gasteiger partial charge in [0, 0.05) is 15.6 Å². The number of carbonyl (C=O) groups is 1. The van der Waals surface area contributed by atoms with Gasteiger partial charge in [-0.2, -0.15) is 5.10 Å². The fourth-order valence-corrected chi connectivity index (χ4v) is 2.14. The highest BCUT2D eigenvalue weighted by molar-refractivity contribution is 6.34. The van der Waals surface area contributed by atoms with Crippen LogP contribution in [0, 0.1) is 0 Å². The van der Waals surface area contributed by atoms with Gasteiger partial charge in [0.2, 0.25) is 0 Å². The molecule has 0 aliphatic heterocycles. The van der Waals surface area contributed by atoms with Crippen LogP contribution in [0.25, 0.3) is 0 Å². The predicted molar refractivity (Wildman–Crippen MR) is 84.2 cm³/mol. The van der Waals surface area contributed by atoms with Gasteiger partial charge in [0.05, 0.1) is 11.3 Å². The highest BCUT2D eigenvalue weighted by Gasteiger charge is 2.11. The summed E-state index contributed by atoms with van der Waals surface area (Å²) in [6, 6.07) is 11.4. The number of carbonyl (C=O) groups excluding carboxylic acids is 1. The van der Waals surface area contributed by atoms with E-state index in [4.69, 9.17) is 23.2 Å². The minimum absolute atomic E-state index is 0.0539. The molecule has 1 amide bonds. The molecule has 4 nitrogen and oxygen atoms in total. The van der Waals surface area contributed by atoms with E-state index >= 15 is 0 Å². The van der Waals surface area contributed by atoms with Crippen LogP contribution in [-0.2, 0) is 0 Å². The van der Waals surface area contributed by atoms with Gasteiger partial charge in [0.25, 0.3) is 5.91 Å². The van der Waals surface area contributed by atoms with Crippen molar-refractivity contribution in [1.82, 2.24) is 5.43 Å². The van der Waals surface area contributed by atoms with Crippen molar-refractivity contribution in [3.63, 3.8) is 0 Å². The smallest absolute Gasteiger partial charge is 0.275 e. The van der Waals surface area contributed by atoms with Crippen molar-refractivity contribution >= 4 is 34.8 Å². The van der Waals surface area contributed by atoms with Gasteiger partial charge in [-0.05, 0) is 31.2 Å². The zero-order chi connectivity index (χ0) is 15.4. The molecule has 0 heterocycles. The molecule has 2 aromatic rings. The summed E-state index contributed by atoms with van der Waals surface area (Å²) in [7, 11) is 0.